The maximum Gasteiger partial charge on any atom is 0.119 e. The van der Waals surface area contributed by atoms with Crippen LogP contribution in [0.2, 0.25) is 0 Å². The standard InChI is InChI=1S/C17H21NO/c1-12-7-8-13(2)16(9-12)17(18)11-14-5-4-6-15(10-14)19-3/h4-10,17H,11,18H2,1-3H3. The van der Waals surface area contributed by atoms with Crippen molar-refractivity contribution >= 4 is 0 Å². The lowest BCUT2D eigenvalue weighted by Crippen LogP contribution is -2.15. The van der Waals surface area contributed by atoms with Crippen molar-refractivity contribution in [3.05, 3.63) is 64.7 Å². The summed E-state index contributed by atoms with van der Waals surface area (Å²) < 4.78 is 5.24. The van der Waals surface area contributed by atoms with Gasteiger partial charge >= 0.3 is 0 Å². The van der Waals surface area contributed by atoms with Gasteiger partial charge in [-0.3, -0.25) is 0 Å². The molecule has 1 unspecified atom stereocenters. The Morgan fingerprint density at radius 2 is 1.89 bits per heavy atom. The van der Waals surface area contributed by atoms with Crippen LogP contribution >= 0.6 is 0 Å². The SMILES string of the molecule is COc1cccc(CC(N)c2cc(C)ccc2C)c1. The molecule has 0 heterocycles. The molecule has 100 valence electrons. The van der Waals surface area contributed by atoms with Gasteiger partial charge in [-0.1, -0.05) is 35.9 Å². The minimum atomic E-state index is 0.0204. The van der Waals surface area contributed by atoms with E-state index in [1.807, 2.05) is 18.2 Å². The summed E-state index contributed by atoms with van der Waals surface area (Å²) in [5.41, 5.74) is 11.3. The van der Waals surface area contributed by atoms with Crippen LogP contribution in [-0.4, -0.2) is 7.11 Å². The molecule has 0 fully saturated rings. The van der Waals surface area contributed by atoms with Gasteiger partial charge in [0.2, 0.25) is 0 Å². The van der Waals surface area contributed by atoms with E-state index in [4.69, 9.17) is 10.5 Å². The van der Waals surface area contributed by atoms with E-state index in [-0.39, 0.29) is 6.04 Å². The third-order valence-electron chi connectivity index (χ3n) is 3.42. The fourth-order valence-corrected chi connectivity index (χ4v) is 2.32. The Hall–Kier alpha value is -1.80. The summed E-state index contributed by atoms with van der Waals surface area (Å²) in [5, 5.41) is 0. The predicted octanol–water partition coefficient (Wildman–Crippen LogP) is 3.55. The molecule has 0 bridgehead atoms. The molecule has 0 aliphatic heterocycles. The second-order valence-corrected chi connectivity index (χ2v) is 5.02. The van der Waals surface area contributed by atoms with Crippen molar-refractivity contribution in [3.8, 4) is 5.75 Å². The molecule has 0 spiro atoms. The van der Waals surface area contributed by atoms with Crippen LogP contribution in [0.3, 0.4) is 0 Å². The maximum absolute atomic E-state index is 6.35. The van der Waals surface area contributed by atoms with E-state index >= 15 is 0 Å². The lowest BCUT2D eigenvalue weighted by molar-refractivity contribution is 0.414. The van der Waals surface area contributed by atoms with Crippen LogP contribution in [0.1, 0.15) is 28.3 Å². The van der Waals surface area contributed by atoms with Crippen molar-refractivity contribution in [3.63, 3.8) is 0 Å². The number of rotatable bonds is 4. The number of hydrogen-bond donors (Lipinski definition) is 1. The highest BCUT2D eigenvalue weighted by Crippen LogP contribution is 2.22. The molecular weight excluding hydrogens is 234 g/mol. The molecule has 0 radical (unpaired) electrons. The minimum Gasteiger partial charge on any atom is -0.497 e. The summed E-state index contributed by atoms with van der Waals surface area (Å²) in [6.45, 7) is 4.21. The van der Waals surface area contributed by atoms with Gasteiger partial charge in [0.25, 0.3) is 0 Å². The highest BCUT2D eigenvalue weighted by molar-refractivity contribution is 5.35. The Balaban J connectivity index is 2.20. The molecule has 0 saturated carbocycles. The first-order valence-corrected chi connectivity index (χ1v) is 6.56. The van der Waals surface area contributed by atoms with Crippen LogP contribution in [0.25, 0.3) is 0 Å². The average Bonchev–Trinajstić information content (AvgIpc) is 2.41. The van der Waals surface area contributed by atoms with E-state index in [2.05, 4.69) is 38.1 Å². The van der Waals surface area contributed by atoms with Gasteiger partial charge in [0.05, 0.1) is 7.11 Å². The van der Waals surface area contributed by atoms with Crippen molar-refractivity contribution in [2.45, 2.75) is 26.3 Å². The molecular formula is C17H21NO. The topological polar surface area (TPSA) is 35.2 Å². The fraction of sp³-hybridized carbons (Fsp3) is 0.294. The lowest BCUT2D eigenvalue weighted by atomic mass is 9.94. The van der Waals surface area contributed by atoms with Crippen LogP contribution in [0.15, 0.2) is 42.5 Å². The monoisotopic (exact) mass is 255 g/mol. The molecule has 2 nitrogen and oxygen atoms in total. The van der Waals surface area contributed by atoms with E-state index < -0.39 is 0 Å². The first-order valence-electron chi connectivity index (χ1n) is 6.56. The fourth-order valence-electron chi connectivity index (χ4n) is 2.32. The van der Waals surface area contributed by atoms with Gasteiger partial charge < -0.3 is 10.5 Å². The number of nitrogens with two attached hydrogens (primary N) is 1. The number of ether oxygens (including phenoxy) is 1. The van der Waals surface area contributed by atoms with Crippen LogP contribution in [-0.2, 0) is 6.42 Å². The number of methoxy groups -OCH3 is 1. The summed E-state index contributed by atoms with van der Waals surface area (Å²) in [6.07, 6.45) is 0.821. The van der Waals surface area contributed by atoms with Crippen LogP contribution in [0.5, 0.6) is 5.75 Å². The third-order valence-corrected chi connectivity index (χ3v) is 3.42. The summed E-state index contributed by atoms with van der Waals surface area (Å²) in [6, 6.07) is 14.6. The third kappa shape index (κ3) is 3.36. The van der Waals surface area contributed by atoms with Crippen LogP contribution in [0, 0.1) is 13.8 Å². The molecule has 0 aliphatic rings. The second-order valence-electron chi connectivity index (χ2n) is 5.02. The van der Waals surface area contributed by atoms with E-state index in [9.17, 15) is 0 Å². The number of hydrogen-bond acceptors (Lipinski definition) is 2. The Labute approximate surface area is 115 Å². The highest BCUT2D eigenvalue weighted by atomic mass is 16.5. The van der Waals surface area contributed by atoms with Crippen molar-refractivity contribution < 1.29 is 4.74 Å². The molecule has 2 aromatic carbocycles. The van der Waals surface area contributed by atoms with E-state index in [1.165, 1.54) is 22.3 Å². The summed E-state index contributed by atoms with van der Waals surface area (Å²) >= 11 is 0. The van der Waals surface area contributed by atoms with Gasteiger partial charge in [-0.15, -0.1) is 0 Å². The van der Waals surface area contributed by atoms with Crippen molar-refractivity contribution in [2.24, 2.45) is 5.73 Å². The molecule has 2 N–H and O–H groups in total. The van der Waals surface area contributed by atoms with Crippen LogP contribution in [0.4, 0.5) is 0 Å². The van der Waals surface area contributed by atoms with E-state index in [1.54, 1.807) is 7.11 Å². The summed E-state index contributed by atoms with van der Waals surface area (Å²) in [7, 11) is 1.68. The minimum absolute atomic E-state index is 0.0204. The first kappa shape index (κ1) is 13.6. The van der Waals surface area contributed by atoms with Gasteiger partial charge in [0, 0.05) is 6.04 Å². The lowest BCUT2D eigenvalue weighted by Gasteiger charge is -2.16. The molecule has 2 rings (SSSR count). The molecule has 0 aliphatic carbocycles. The first-order chi connectivity index (χ1) is 9.10. The predicted molar refractivity (Wildman–Crippen MR) is 79.5 cm³/mol. The summed E-state index contributed by atoms with van der Waals surface area (Å²) in [5.74, 6) is 0.880. The van der Waals surface area contributed by atoms with E-state index in [0.29, 0.717) is 0 Å². The summed E-state index contributed by atoms with van der Waals surface area (Å²) in [4.78, 5) is 0. The zero-order valence-electron chi connectivity index (χ0n) is 11.8. The van der Waals surface area contributed by atoms with Gasteiger partial charge in [0.15, 0.2) is 0 Å². The van der Waals surface area contributed by atoms with Gasteiger partial charge in [-0.05, 0) is 49.1 Å². The van der Waals surface area contributed by atoms with Gasteiger partial charge in [-0.25, -0.2) is 0 Å². The Kier molecular flexibility index (Phi) is 4.23. The normalized spacial score (nSPS) is 12.2. The molecule has 19 heavy (non-hydrogen) atoms. The Morgan fingerprint density at radius 3 is 2.63 bits per heavy atom. The number of aryl methyl sites for hydroxylation is 2. The van der Waals surface area contributed by atoms with E-state index in [0.717, 1.165) is 12.2 Å². The second kappa shape index (κ2) is 5.89. The van der Waals surface area contributed by atoms with Crippen LogP contribution < -0.4 is 10.5 Å². The maximum atomic E-state index is 6.35. The van der Waals surface area contributed by atoms with Crippen molar-refractivity contribution in [2.75, 3.05) is 7.11 Å². The molecule has 0 aromatic heterocycles. The molecule has 2 heteroatoms. The number of benzene rings is 2. The average molecular weight is 255 g/mol. The molecule has 1 atom stereocenters. The Morgan fingerprint density at radius 1 is 1.11 bits per heavy atom. The molecule has 0 amide bonds. The molecule has 0 saturated heterocycles. The van der Waals surface area contributed by atoms with Gasteiger partial charge in [-0.2, -0.15) is 0 Å². The smallest absolute Gasteiger partial charge is 0.119 e. The van der Waals surface area contributed by atoms with Gasteiger partial charge in [0.1, 0.15) is 5.75 Å². The largest absolute Gasteiger partial charge is 0.497 e. The highest BCUT2D eigenvalue weighted by Gasteiger charge is 2.10. The Bertz CT molecular complexity index is 563. The van der Waals surface area contributed by atoms with Crippen molar-refractivity contribution in [1.29, 1.82) is 0 Å². The van der Waals surface area contributed by atoms with Crippen molar-refractivity contribution in [1.82, 2.24) is 0 Å². The zero-order valence-corrected chi connectivity index (χ0v) is 11.8. The molecule has 2 aromatic rings. The quantitative estimate of drug-likeness (QED) is 0.906. The zero-order chi connectivity index (χ0) is 13.8.